The van der Waals surface area contributed by atoms with Crippen molar-refractivity contribution in [2.75, 3.05) is 0 Å². The maximum atomic E-state index is 5.76. The van der Waals surface area contributed by atoms with E-state index in [0.29, 0.717) is 12.5 Å². The molecular weight excluding hydrogens is 258 g/mol. The summed E-state index contributed by atoms with van der Waals surface area (Å²) in [6.07, 6.45) is 0.823. The number of ether oxygens (including phenoxy) is 1. The molecule has 0 bridgehead atoms. The van der Waals surface area contributed by atoms with Gasteiger partial charge in [0.2, 0.25) is 5.88 Å². The van der Waals surface area contributed by atoms with Crippen molar-refractivity contribution >= 4 is 0 Å². The van der Waals surface area contributed by atoms with Crippen LogP contribution < -0.4 is 4.74 Å². The largest absolute Gasteiger partial charge is 0.473 e. The summed E-state index contributed by atoms with van der Waals surface area (Å²) >= 11 is 0. The Morgan fingerprint density at radius 3 is 2.05 bits per heavy atom. The Morgan fingerprint density at radius 1 is 0.667 bits per heavy atom. The topological polar surface area (TPSA) is 22.1 Å². The van der Waals surface area contributed by atoms with Gasteiger partial charge in [0.05, 0.1) is 0 Å². The molecule has 0 N–H and O–H groups in total. The molecule has 0 atom stereocenters. The van der Waals surface area contributed by atoms with Gasteiger partial charge < -0.3 is 4.74 Å². The van der Waals surface area contributed by atoms with Crippen molar-refractivity contribution in [2.45, 2.75) is 13.0 Å². The number of pyridine rings is 1. The second-order valence-corrected chi connectivity index (χ2v) is 4.90. The molecule has 0 aliphatic carbocycles. The molecule has 2 aromatic carbocycles. The number of benzene rings is 2. The smallest absolute Gasteiger partial charge is 0.213 e. The van der Waals surface area contributed by atoms with E-state index in [0.717, 1.165) is 17.7 Å². The van der Waals surface area contributed by atoms with Gasteiger partial charge in [-0.3, -0.25) is 0 Å². The summed E-state index contributed by atoms with van der Waals surface area (Å²) in [5, 5.41) is 0. The van der Waals surface area contributed by atoms with Gasteiger partial charge >= 0.3 is 0 Å². The highest BCUT2D eigenvalue weighted by molar-refractivity contribution is 5.24. The molecule has 0 saturated carbocycles. The molecule has 3 rings (SSSR count). The quantitative estimate of drug-likeness (QED) is 0.694. The van der Waals surface area contributed by atoms with Gasteiger partial charge in [-0.25, -0.2) is 4.98 Å². The molecule has 21 heavy (non-hydrogen) atoms. The lowest BCUT2D eigenvalue weighted by molar-refractivity contribution is 0.293. The molecule has 0 aliphatic rings. The lowest BCUT2D eigenvalue weighted by Crippen LogP contribution is -1.99. The van der Waals surface area contributed by atoms with Crippen LogP contribution in [-0.2, 0) is 13.0 Å². The van der Waals surface area contributed by atoms with Crippen LogP contribution in [0.5, 0.6) is 5.88 Å². The zero-order chi connectivity index (χ0) is 14.3. The van der Waals surface area contributed by atoms with Crippen molar-refractivity contribution in [3.05, 3.63) is 95.7 Å². The fraction of sp³-hybridized carbons (Fsp3) is 0.105. The SMILES string of the molecule is c1ccc(COc2cccc(Cc3ccccc3)n2)cc1. The zero-order valence-electron chi connectivity index (χ0n) is 11.8. The van der Waals surface area contributed by atoms with Gasteiger partial charge in [-0.1, -0.05) is 66.7 Å². The summed E-state index contributed by atoms with van der Waals surface area (Å²) in [5.41, 5.74) is 3.42. The van der Waals surface area contributed by atoms with Gasteiger partial charge in [0.25, 0.3) is 0 Å². The van der Waals surface area contributed by atoms with E-state index in [2.05, 4.69) is 17.1 Å². The molecular formula is C19H17NO. The number of aromatic nitrogens is 1. The van der Waals surface area contributed by atoms with Crippen LogP contribution in [0.1, 0.15) is 16.8 Å². The van der Waals surface area contributed by atoms with Gasteiger partial charge in [0.15, 0.2) is 0 Å². The first kappa shape index (κ1) is 13.4. The molecule has 0 amide bonds. The normalized spacial score (nSPS) is 10.3. The van der Waals surface area contributed by atoms with Crippen LogP contribution in [0.3, 0.4) is 0 Å². The van der Waals surface area contributed by atoms with E-state index in [9.17, 15) is 0 Å². The molecule has 3 aromatic rings. The standard InChI is InChI=1S/C19H17NO/c1-3-8-16(9-4-1)14-18-12-7-13-19(20-18)21-15-17-10-5-2-6-11-17/h1-13H,14-15H2. The summed E-state index contributed by atoms with van der Waals surface area (Å²) in [5.74, 6) is 0.673. The van der Waals surface area contributed by atoms with Crippen molar-refractivity contribution < 1.29 is 4.74 Å². The van der Waals surface area contributed by atoms with Crippen molar-refractivity contribution in [1.82, 2.24) is 4.98 Å². The van der Waals surface area contributed by atoms with Gasteiger partial charge in [-0.05, 0) is 17.2 Å². The van der Waals surface area contributed by atoms with E-state index in [4.69, 9.17) is 4.74 Å². The first-order valence-electron chi connectivity index (χ1n) is 7.07. The highest BCUT2D eigenvalue weighted by Gasteiger charge is 2.01. The predicted molar refractivity (Wildman–Crippen MR) is 84.3 cm³/mol. The molecule has 1 aromatic heterocycles. The molecule has 0 unspecified atom stereocenters. The fourth-order valence-electron chi connectivity index (χ4n) is 2.17. The minimum atomic E-state index is 0.544. The third-order valence-electron chi connectivity index (χ3n) is 3.24. The molecule has 1 heterocycles. The van der Waals surface area contributed by atoms with Crippen molar-refractivity contribution in [1.29, 1.82) is 0 Å². The highest BCUT2D eigenvalue weighted by Crippen LogP contribution is 2.13. The maximum Gasteiger partial charge on any atom is 0.213 e. The van der Waals surface area contributed by atoms with Crippen LogP contribution >= 0.6 is 0 Å². The predicted octanol–water partition coefficient (Wildman–Crippen LogP) is 4.25. The monoisotopic (exact) mass is 275 g/mol. The third kappa shape index (κ3) is 3.93. The molecule has 0 spiro atoms. The lowest BCUT2D eigenvalue weighted by Gasteiger charge is -2.07. The summed E-state index contributed by atoms with van der Waals surface area (Å²) < 4.78 is 5.76. The Hall–Kier alpha value is -2.61. The van der Waals surface area contributed by atoms with Crippen molar-refractivity contribution in [3.8, 4) is 5.88 Å². The minimum absolute atomic E-state index is 0.544. The summed E-state index contributed by atoms with van der Waals surface area (Å²) in [7, 11) is 0. The van der Waals surface area contributed by atoms with Crippen LogP contribution in [0, 0.1) is 0 Å². The fourth-order valence-corrected chi connectivity index (χ4v) is 2.17. The molecule has 0 radical (unpaired) electrons. The molecule has 104 valence electrons. The summed E-state index contributed by atoms with van der Waals surface area (Å²) in [6.45, 7) is 0.544. The number of hydrogen-bond acceptors (Lipinski definition) is 2. The van der Waals surface area contributed by atoms with Crippen LogP contribution in [0.4, 0.5) is 0 Å². The van der Waals surface area contributed by atoms with Gasteiger partial charge in [0, 0.05) is 18.2 Å². The second kappa shape index (κ2) is 6.71. The number of nitrogens with zero attached hydrogens (tertiary/aromatic N) is 1. The van der Waals surface area contributed by atoms with Crippen molar-refractivity contribution in [2.24, 2.45) is 0 Å². The summed E-state index contributed by atoms with van der Waals surface area (Å²) in [4.78, 5) is 4.56. The van der Waals surface area contributed by atoms with E-state index in [-0.39, 0.29) is 0 Å². The molecule has 2 heteroatoms. The average molecular weight is 275 g/mol. The second-order valence-electron chi connectivity index (χ2n) is 4.90. The van der Waals surface area contributed by atoms with Gasteiger partial charge in [-0.2, -0.15) is 0 Å². The third-order valence-corrected chi connectivity index (χ3v) is 3.24. The first-order chi connectivity index (χ1) is 10.4. The van der Waals surface area contributed by atoms with E-state index in [1.807, 2.05) is 66.7 Å². The van der Waals surface area contributed by atoms with Gasteiger partial charge in [0.1, 0.15) is 6.61 Å². The van der Waals surface area contributed by atoms with Gasteiger partial charge in [-0.15, -0.1) is 0 Å². The number of rotatable bonds is 5. The molecule has 2 nitrogen and oxygen atoms in total. The zero-order valence-corrected chi connectivity index (χ0v) is 11.8. The first-order valence-corrected chi connectivity index (χ1v) is 7.07. The van der Waals surface area contributed by atoms with Crippen molar-refractivity contribution in [3.63, 3.8) is 0 Å². The molecule has 0 aliphatic heterocycles. The van der Waals surface area contributed by atoms with Crippen LogP contribution in [0.25, 0.3) is 0 Å². The Kier molecular flexibility index (Phi) is 4.27. The maximum absolute atomic E-state index is 5.76. The lowest BCUT2D eigenvalue weighted by atomic mass is 10.1. The van der Waals surface area contributed by atoms with Crippen LogP contribution in [0.2, 0.25) is 0 Å². The van der Waals surface area contributed by atoms with Crippen LogP contribution in [0.15, 0.2) is 78.9 Å². The summed E-state index contributed by atoms with van der Waals surface area (Å²) in [6, 6.07) is 26.4. The Labute approximate surface area is 125 Å². The van der Waals surface area contributed by atoms with Crippen LogP contribution in [-0.4, -0.2) is 4.98 Å². The minimum Gasteiger partial charge on any atom is -0.473 e. The Balaban J connectivity index is 1.66. The molecule has 0 saturated heterocycles. The number of hydrogen-bond donors (Lipinski definition) is 0. The highest BCUT2D eigenvalue weighted by atomic mass is 16.5. The Morgan fingerprint density at radius 2 is 1.33 bits per heavy atom. The molecule has 0 fully saturated rings. The Bertz CT molecular complexity index is 680. The van der Waals surface area contributed by atoms with E-state index in [1.54, 1.807) is 0 Å². The van der Waals surface area contributed by atoms with E-state index < -0.39 is 0 Å². The average Bonchev–Trinajstić information content (AvgIpc) is 2.55. The van der Waals surface area contributed by atoms with E-state index in [1.165, 1.54) is 5.56 Å². The van der Waals surface area contributed by atoms with E-state index >= 15 is 0 Å².